The Hall–Kier alpha value is -1.14. The van der Waals surface area contributed by atoms with Gasteiger partial charge in [-0.05, 0) is 5.92 Å². The minimum absolute atomic E-state index is 0.0213. The predicted octanol–water partition coefficient (Wildman–Crippen LogP) is -0.289. The molecule has 0 spiro atoms. The van der Waals surface area contributed by atoms with Crippen molar-refractivity contribution in [1.29, 1.82) is 0 Å². The van der Waals surface area contributed by atoms with Crippen molar-refractivity contribution in [3.63, 3.8) is 0 Å². The highest BCUT2D eigenvalue weighted by molar-refractivity contribution is 5.89. The highest BCUT2D eigenvalue weighted by Crippen LogP contribution is 2.23. The lowest BCUT2D eigenvalue weighted by Crippen LogP contribution is -2.52. The molecule has 2 aliphatic heterocycles. The molecule has 0 bridgehead atoms. The number of aliphatic hydroxyl groups is 1. The number of carbonyl (C=O) groups is 2. The zero-order chi connectivity index (χ0) is 14.7. The molecule has 0 radical (unpaired) electrons. The van der Waals surface area contributed by atoms with Crippen LogP contribution in [0.25, 0.3) is 0 Å². The van der Waals surface area contributed by atoms with Gasteiger partial charge in [-0.1, -0.05) is 13.8 Å². The third-order valence-corrected chi connectivity index (χ3v) is 3.87. The Morgan fingerprint density at radius 2 is 2.25 bits per heavy atom. The molecule has 0 aromatic heterocycles. The molecule has 0 saturated carbocycles. The number of hydrogen-bond acceptors (Lipinski definition) is 4. The second-order valence-electron chi connectivity index (χ2n) is 6.04. The Balaban J connectivity index is 1.97. The fourth-order valence-electron chi connectivity index (χ4n) is 2.89. The number of carbonyl (C=O) groups excluding carboxylic acids is 2. The van der Waals surface area contributed by atoms with Crippen LogP contribution in [-0.2, 0) is 14.3 Å². The Morgan fingerprint density at radius 3 is 2.90 bits per heavy atom. The van der Waals surface area contributed by atoms with Gasteiger partial charge in [0, 0.05) is 26.1 Å². The lowest BCUT2D eigenvalue weighted by atomic mass is 10.1. The first-order valence-corrected chi connectivity index (χ1v) is 7.29. The van der Waals surface area contributed by atoms with Crippen molar-refractivity contribution in [2.75, 3.05) is 39.5 Å². The van der Waals surface area contributed by atoms with Gasteiger partial charge in [-0.25, -0.2) is 0 Å². The maximum absolute atomic E-state index is 12.5. The highest BCUT2D eigenvalue weighted by atomic mass is 16.5. The molecule has 0 aromatic rings. The summed E-state index contributed by atoms with van der Waals surface area (Å²) in [6, 6.07) is -0.273. The maximum atomic E-state index is 12.5. The van der Waals surface area contributed by atoms with E-state index in [1.54, 1.807) is 9.80 Å². The number of aliphatic hydroxyl groups excluding tert-OH is 1. The van der Waals surface area contributed by atoms with Crippen molar-refractivity contribution < 1.29 is 19.4 Å². The van der Waals surface area contributed by atoms with E-state index in [4.69, 9.17) is 4.74 Å². The highest BCUT2D eigenvalue weighted by Gasteiger charge is 2.39. The monoisotopic (exact) mass is 284 g/mol. The summed E-state index contributed by atoms with van der Waals surface area (Å²) in [7, 11) is 0. The normalized spacial score (nSPS) is 27.5. The smallest absolute Gasteiger partial charge is 0.228 e. The minimum Gasteiger partial charge on any atom is -0.394 e. The molecular weight excluding hydrogens is 260 g/mol. The van der Waals surface area contributed by atoms with E-state index >= 15 is 0 Å². The zero-order valence-corrected chi connectivity index (χ0v) is 12.2. The van der Waals surface area contributed by atoms with Crippen LogP contribution in [0.15, 0.2) is 0 Å². The van der Waals surface area contributed by atoms with E-state index in [1.165, 1.54) is 0 Å². The van der Waals surface area contributed by atoms with Crippen molar-refractivity contribution in [2.45, 2.75) is 26.3 Å². The summed E-state index contributed by atoms with van der Waals surface area (Å²) >= 11 is 0. The number of ether oxygens (including phenoxy) is 1. The molecule has 2 aliphatic rings. The van der Waals surface area contributed by atoms with Gasteiger partial charge in [-0.15, -0.1) is 0 Å². The molecule has 2 rings (SSSR count). The first kappa shape index (κ1) is 15.3. The van der Waals surface area contributed by atoms with Gasteiger partial charge in [0.05, 0.1) is 31.8 Å². The van der Waals surface area contributed by atoms with Gasteiger partial charge >= 0.3 is 0 Å². The van der Waals surface area contributed by atoms with Gasteiger partial charge in [-0.3, -0.25) is 9.59 Å². The van der Waals surface area contributed by atoms with Crippen molar-refractivity contribution in [1.82, 2.24) is 9.80 Å². The molecule has 2 unspecified atom stereocenters. The fraction of sp³-hybridized carbons (Fsp3) is 0.857. The summed E-state index contributed by atoms with van der Waals surface area (Å²) in [5.41, 5.74) is 0. The Labute approximate surface area is 119 Å². The number of rotatable bonds is 4. The molecule has 0 aromatic carbocycles. The van der Waals surface area contributed by atoms with Gasteiger partial charge in [0.2, 0.25) is 11.8 Å². The predicted molar refractivity (Wildman–Crippen MR) is 72.9 cm³/mol. The van der Waals surface area contributed by atoms with E-state index in [2.05, 4.69) is 13.8 Å². The van der Waals surface area contributed by atoms with Gasteiger partial charge in [-0.2, -0.15) is 0 Å². The molecule has 2 heterocycles. The van der Waals surface area contributed by atoms with Crippen LogP contribution in [0.5, 0.6) is 0 Å². The van der Waals surface area contributed by atoms with Crippen molar-refractivity contribution in [3.8, 4) is 0 Å². The number of likely N-dealkylation sites (tertiary alicyclic amines) is 1. The Bertz CT molecular complexity index is 372. The van der Waals surface area contributed by atoms with Crippen LogP contribution in [0, 0.1) is 11.8 Å². The number of nitrogens with zero attached hydrogens (tertiary/aromatic N) is 2. The summed E-state index contributed by atoms with van der Waals surface area (Å²) in [4.78, 5) is 27.9. The maximum Gasteiger partial charge on any atom is 0.228 e. The zero-order valence-electron chi connectivity index (χ0n) is 12.2. The van der Waals surface area contributed by atoms with Crippen LogP contribution in [0.3, 0.4) is 0 Å². The topological polar surface area (TPSA) is 70.1 Å². The summed E-state index contributed by atoms with van der Waals surface area (Å²) in [6.45, 7) is 6.61. The second kappa shape index (κ2) is 6.54. The fourth-order valence-corrected chi connectivity index (χ4v) is 2.89. The van der Waals surface area contributed by atoms with Gasteiger partial charge < -0.3 is 19.6 Å². The lowest BCUT2D eigenvalue weighted by molar-refractivity contribution is -0.145. The van der Waals surface area contributed by atoms with Crippen LogP contribution in [0.2, 0.25) is 0 Å². The third-order valence-electron chi connectivity index (χ3n) is 3.87. The molecule has 2 atom stereocenters. The molecule has 2 amide bonds. The Kier molecular flexibility index (Phi) is 4.99. The summed E-state index contributed by atoms with van der Waals surface area (Å²) < 4.78 is 5.28. The van der Waals surface area contributed by atoms with Gasteiger partial charge in [0.1, 0.15) is 0 Å². The number of morpholine rings is 1. The standard InChI is InChI=1S/C14H24N2O4/c1-10(2)6-15-7-11(5-13(15)18)14(19)16-3-4-20-9-12(16)8-17/h10-12,17H,3-9H2,1-2H3. The Morgan fingerprint density at radius 1 is 1.50 bits per heavy atom. The van der Waals surface area contributed by atoms with Gasteiger partial charge in [0.25, 0.3) is 0 Å². The van der Waals surface area contributed by atoms with Gasteiger partial charge in [0.15, 0.2) is 0 Å². The SMILES string of the molecule is CC(C)CN1CC(C(=O)N2CCOCC2CO)CC1=O. The van der Waals surface area contributed by atoms with Crippen molar-refractivity contribution in [3.05, 3.63) is 0 Å². The quantitative estimate of drug-likeness (QED) is 0.770. The molecule has 6 nitrogen and oxygen atoms in total. The van der Waals surface area contributed by atoms with E-state index in [-0.39, 0.29) is 30.4 Å². The van der Waals surface area contributed by atoms with Crippen LogP contribution >= 0.6 is 0 Å². The first-order valence-electron chi connectivity index (χ1n) is 7.29. The number of amides is 2. The minimum atomic E-state index is -0.273. The van der Waals surface area contributed by atoms with E-state index in [0.29, 0.717) is 45.2 Å². The van der Waals surface area contributed by atoms with Crippen LogP contribution in [0.4, 0.5) is 0 Å². The summed E-state index contributed by atoms with van der Waals surface area (Å²) in [5, 5.41) is 9.32. The third kappa shape index (κ3) is 3.30. The molecular formula is C14H24N2O4. The molecule has 6 heteroatoms. The van der Waals surface area contributed by atoms with Crippen LogP contribution in [-0.4, -0.2) is 72.2 Å². The van der Waals surface area contributed by atoms with Crippen molar-refractivity contribution in [2.24, 2.45) is 11.8 Å². The molecule has 20 heavy (non-hydrogen) atoms. The van der Waals surface area contributed by atoms with E-state index < -0.39 is 0 Å². The second-order valence-corrected chi connectivity index (χ2v) is 6.04. The molecule has 0 aliphatic carbocycles. The van der Waals surface area contributed by atoms with E-state index in [1.807, 2.05) is 0 Å². The van der Waals surface area contributed by atoms with Crippen LogP contribution in [0.1, 0.15) is 20.3 Å². The molecule has 2 saturated heterocycles. The average Bonchev–Trinajstić information content (AvgIpc) is 2.78. The van der Waals surface area contributed by atoms with E-state index in [9.17, 15) is 14.7 Å². The van der Waals surface area contributed by atoms with Crippen LogP contribution < -0.4 is 0 Å². The largest absolute Gasteiger partial charge is 0.394 e. The average molecular weight is 284 g/mol. The summed E-state index contributed by atoms with van der Waals surface area (Å²) in [6.07, 6.45) is 0.293. The lowest BCUT2D eigenvalue weighted by Gasteiger charge is -2.36. The number of hydrogen-bond donors (Lipinski definition) is 1. The summed E-state index contributed by atoms with van der Waals surface area (Å²) in [5.74, 6) is 0.174. The molecule has 114 valence electrons. The van der Waals surface area contributed by atoms with E-state index in [0.717, 1.165) is 0 Å². The molecule has 1 N–H and O–H groups in total. The molecule has 2 fully saturated rings. The first-order chi connectivity index (χ1) is 9.52. The van der Waals surface area contributed by atoms with Crippen molar-refractivity contribution >= 4 is 11.8 Å².